The van der Waals surface area contributed by atoms with E-state index in [1.807, 2.05) is 0 Å². The summed E-state index contributed by atoms with van der Waals surface area (Å²) in [5.41, 5.74) is 0. The Morgan fingerprint density at radius 3 is 2.88 bits per heavy atom. The third-order valence-electron chi connectivity index (χ3n) is 2.61. The van der Waals surface area contributed by atoms with Crippen molar-refractivity contribution >= 4 is 11.9 Å². The maximum absolute atomic E-state index is 11.6. The van der Waals surface area contributed by atoms with Gasteiger partial charge in [0.05, 0.1) is 0 Å². The molecule has 0 saturated heterocycles. The number of amides is 1. The Balaban J connectivity index is 2.31. The van der Waals surface area contributed by atoms with Crippen molar-refractivity contribution in [2.24, 2.45) is 5.92 Å². The Morgan fingerprint density at radius 1 is 1.50 bits per heavy atom. The van der Waals surface area contributed by atoms with Crippen LogP contribution in [0.25, 0.3) is 0 Å². The average Bonchev–Trinajstić information content (AvgIpc) is 2.76. The zero-order valence-electron chi connectivity index (χ0n) is 9.86. The lowest BCUT2D eigenvalue weighted by Crippen LogP contribution is -2.17. The summed E-state index contributed by atoms with van der Waals surface area (Å²) in [4.78, 5) is 11.6. The fourth-order valence-electron chi connectivity index (χ4n) is 1.60. The number of unbranched alkanes of at least 4 members (excludes halogenated alkanes) is 1. The average molecular weight is 225 g/mol. The molecule has 1 amide bonds. The van der Waals surface area contributed by atoms with Crippen molar-refractivity contribution in [1.29, 1.82) is 0 Å². The zero-order chi connectivity index (χ0) is 11.8. The number of aromatic amines is 1. The molecular formula is C10H19N5O. The van der Waals surface area contributed by atoms with Crippen LogP contribution in [-0.4, -0.2) is 26.5 Å². The molecule has 1 aromatic rings. The summed E-state index contributed by atoms with van der Waals surface area (Å²) in [6.45, 7) is 4.27. The first-order valence-electron chi connectivity index (χ1n) is 5.79. The van der Waals surface area contributed by atoms with Crippen LogP contribution in [0, 0.1) is 5.92 Å². The Morgan fingerprint density at radius 2 is 2.31 bits per heavy atom. The number of nitrogens with zero attached hydrogens (tertiary/aromatic N) is 3. The number of anilines is 1. The number of carbonyl (C=O) groups is 1. The maximum atomic E-state index is 11.6. The number of hydrogen-bond acceptors (Lipinski definition) is 4. The van der Waals surface area contributed by atoms with Crippen LogP contribution in [0.15, 0.2) is 0 Å². The lowest BCUT2D eigenvalue weighted by molar-refractivity contribution is -0.117. The van der Waals surface area contributed by atoms with Gasteiger partial charge in [0.1, 0.15) is 0 Å². The largest absolute Gasteiger partial charge is 0.292 e. The van der Waals surface area contributed by atoms with Gasteiger partial charge in [0, 0.05) is 6.42 Å². The van der Waals surface area contributed by atoms with Crippen molar-refractivity contribution in [1.82, 2.24) is 20.6 Å². The number of tetrazole rings is 1. The second-order valence-electron chi connectivity index (χ2n) is 3.90. The molecule has 1 rings (SSSR count). The van der Waals surface area contributed by atoms with Crippen LogP contribution in [-0.2, 0) is 4.79 Å². The van der Waals surface area contributed by atoms with E-state index in [0.29, 0.717) is 12.3 Å². The zero-order valence-corrected chi connectivity index (χ0v) is 9.86. The number of H-pyrrole nitrogens is 1. The van der Waals surface area contributed by atoms with Crippen LogP contribution in [0.2, 0.25) is 0 Å². The maximum Gasteiger partial charge on any atom is 0.269 e. The summed E-state index contributed by atoms with van der Waals surface area (Å²) in [5, 5.41) is 15.6. The smallest absolute Gasteiger partial charge is 0.269 e. The van der Waals surface area contributed by atoms with Crippen LogP contribution >= 0.6 is 0 Å². The molecule has 0 aliphatic heterocycles. The van der Waals surface area contributed by atoms with E-state index in [1.165, 1.54) is 12.8 Å². The highest BCUT2D eigenvalue weighted by Crippen LogP contribution is 2.16. The van der Waals surface area contributed by atoms with Gasteiger partial charge in [0.2, 0.25) is 5.91 Å². The van der Waals surface area contributed by atoms with E-state index < -0.39 is 0 Å². The van der Waals surface area contributed by atoms with Gasteiger partial charge < -0.3 is 0 Å². The highest BCUT2D eigenvalue weighted by Gasteiger charge is 2.12. The van der Waals surface area contributed by atoms with E-state index in [-0.39, 0.29) is 11.9 Å². The van der Waals surface area contributed by atoms with E-state index in [4.69, 9.17) is 0 Å². The second-order valence-corrected chi connectivity index (χ2v) is 3.90. The van der Waals surface area contributed by atoms with Crippen LogP contribution in [0.3, 0.4) is 0 Å². The SMILES string of the molecule is CCCC[C@H](CC)CC(=O)Nc1nn[nH]n1. The molecule has 1 heterocycles. The van der Waals surface area contributed by atoms with Gasteiger partial charge in [-0.2, -0.15) is 5.21 Å². The molecule has 0 aliphatic rings. The minimum Gasteiger partial charge on any atom is -0.292 e. The van der Waals surface area contributed by atoms with Crippen molar-refractivity contribution in [2.75, 3.05) is 5.32 Å². The summed E-state index contributed by atoms with van der Waals surface area (Å²) in [6.07, 6.45) is 5.01. The number of nitrogens with one attached hydrogen (secondary N) is 2. The van der Waals surface area contributed by atoms with Gasteiger partial charge in [-0.3, -0.25) is 10.1 Å². The minimum atomic E-state index is -0.0376. The highest BCUT2D eigenvalue weighted by atomic mass is 16.1. The first-order chi connectivity index (χ1) is 7.76. The topological polar surface area (TPSA) is 83.6 Å². The van der Waals surface area contributed by atoms with Crippen molar-refractivity contribution in [3.05, 3.63) is 0 Å². The van der Waals surface area contributed by atoms with Gasteiger partial charge >= 0.3 is 0 Å². The standard InChI is InChI=1S/C10H19N5O/c1-3-5-6-8(4-2)7-9(16)11-10-12-14-15-13-10/h8H,3-7H2,1-2H3,(H2,11,12,13,14,15,16)/t8-/m0/s1. The summed E-state index contributed by atoms with van der Waals surface area (Å²) < 4.78 is 0. The van der Waals surface area contributed by atoms with Gasteiger partial charge in [-0.15, -0.1) is 5.10 Å². The molecule has 2 N–H and O–H groups in total. The Labute approximate surface area is 95.2 Å². The van der Waals surface area contributed by atoms with E-state index in [2.05, 4.69) is 39.8 Å². The molecule has 0 unspecified atom stereocenters. The monoisotopic (exact) mass is 225 g/mol. The molecule has 0 fully saturated rings. The molecule has 0 saturated carbocycles. The summed E-state index contributed by atoms with van der Waals surface area (Å²) in [6, 6.07) is 0. The Kier molecular flexibility index (Phi) is 5.45. The Hall–Kier alpha value is -1.46. The fourth-order valence-corrected chi connectivity index (χ4v) is 1.60. The van der Waals surface area contributed by atoms with E-state index in [0.717, 1.165) is 12.8 Å². The third kappa shape index (κ3) is 4.37. The quantitative estimate of drug-likeness (QED) is 0.740. The van der Waals surface area contributed by atoms with E-state index >= 15 is 0 Å². The first kappa shape index (κ1) is 12.6. The van der Waals surface area contributed by atoms with Gasteiger partial charge in [-0.1, -0.05) is 38.2 Å². The molecule has 0 spiro atoms. The summed E-state index contributed by atoms with van der Waals surface area (Å²) in [5.74, 6) is 0.659. The number of rotatable bonds is 7. The second kappa shape index (κ2) is 6.92. The molecule has 0 bridgehead atoms. The van der Waals surface area contributed by atoms with Crippen LogP contribution in [0.5, 0.6) is 0 Å². The highest BCUT2D eigenvalue weighted by molar-refractivity contribution is 5.88. The normalized spacial score (nSPS) is 12.4. The molecule has 6 nitrogen and oxygen atoms in total. The predicted octanol–water partition coefficient (Wildman–Crippen LogP) is 1.74. The molecular weight excluding hydrogens is 206 g/mol. The number of carbonyl (C=O) groups excluding carboxylic acids is 1. The lowest BCUT2D eigenvalue weighted by atomic mass is 9.95. The van der Waals surface area contributed by atoms with Crippen molar-refractivity contribution < 1.29 is 4.79 Å². The fraction of sp³-hybridized carbons (Fsp3) is 0.800. The third-order valence-corrected chi connectivity index (χ3v) is 2.61. The van der Waals surface area contributed by atoms with Gasteiger partial charge in [0.15, 0.2) is 0 Å². The van der Waals surface area contributed by atoms with Gasteiger partial charge in [0.25, 0.3) is 5.95 Å². The molecule has 0 aromatic carbocycles. The van der Waals surface area contributed by atoms with E-state index in [1.54, 1.807) is 0 Å². The molecule has 90 valence electrons. The molecule has 16 heavy (non-hydrogen) atoms. The molecule has 6 heteroatoms. The molecule has 1 atom stereocenters. The number of aromatic nitrogens is 4. The Bertz CT molecular complexity index is 298. The molecule has 0 radical (unpaired) electrons. The minimum absolute atomic E-state index is 0.0376. The van der Waals surface area contributed by atoms with Crippen molar-refractivity contribution in [3.8, 4) is 0 Å². The van der Waals surface area contributed by atoms with Crippen LogP contribution in [0.1, 0.15) is 46.0 Å². The molecule has 1 aromatic heterocycles. The van der Waals surface area contributed by atoms with E-state index in [9.17, 15) is 4.79 Å². The first-order valence-corrected chi connectivity index (χ1v) is 5.79. The summed E-state index contributed by atoms with van der Waals surface area (Å²) in [7, 11) is 0. The van der Waals surface area contributed by atoms with Crippen molar-refractivity contribution in [2.45, 2.75) is 46.0 Å². The molecule has 0 aliphatic carbocycles. The van der Waals surface area contributed by atoms with Gasteiger partial charge in [-0.05, 0) is 17.6 Å². The lowest BCUT2D eigenvalue weighted by Gasteiger charge is -2.12. The van der Waals surface area contributed by atoms with Gasteiger partial charge in [-0.25, -0.2) is 0 Å². The van der Waals surface area contributed by atoms with Crippen LogP contribution < -0.4 is 5.32 Å². The van der Waals surface area contributed by atoms with Crippen molar-refractivity contribution in [3.63, 3.8) is 0 Å². The summed E-state index contributed by atoms with van der Waals surface area (Å²) >= 11 is 0. The predicted molar refractivity (Wildman–Crippen MR) is 60.7 cm³/mol. The van der Waals surface area contributed by atoms with Crippen LogP contribution in [0.4, 0.5) is 5.95 Å². The number of hydrogen-bond donors (Lipinski definition) is 2.